The maximum atomic E-state index is 11.7. The molecule has 0 aromatic heterocycles. The second-order valence-electron chi connectivity index (χ2n) is 4.90. The fourth-order valence-electron chi connectivity index (χ4n) is 2.13. The van der Waals surface area contributed by atoms with E-state index >= 15 is 0 Å². The summed E-state index contributed by atoms with van der Waals surface area (Å²) >= 11 is 0. The summed E-state index contributed by atoms with van der Waals surface area (Å²) in [6.07, 6.45) is 0.144. The van der Waals surface area contributed by atoms with Gasteiger partial charge in [-0.05, 0) is 5.92 Å². The van der Waals surface area contributed by atoms with Crippen molar-refractivity contribution >= 4 is 6.03 Å². The summed E-state index contributed by atoms with van der Waals surface area (Å²) in [4.78, 5) is 13.6. The second kappa shape index (κ2) is 5.01. The van der Waals surface area contributed by atoms with Gasteiger partial charge in [-0.15, -0.1) is 0 Å². The zero-order valence-corrected chi connectivity index (χ0v) is 10.0. The lowest BCUT2D eigenvalue weighted by Crippen LogP contribution is -2.46. The number of morpholine rings is 1. The highest BCUT2D eigenvalue weighted by Crippen LogP contribution is 2.13. The number of amides is 2. The molecule has 0 saturated carbocycles. The van der Waals surface area contributed by atoms with Crippen LogP contribution < -0.4 is 10.6 Å². The average Bonchev–Trinajstić information content (AvgIpc) is 2.62. The summed E-state index contributed by atoms with van der Waals surface area (Å²) in [6.45, 7) is 8.26. The van der Waals surface area contributed by atoms with Crippen molar-refractivity contribution in [2.45, 2.75) is 26.0 Å². The number of carbonyl (C=O) groups excluding carboxylic acids is 1. The summed E-state index contributed by atoms with van der Waals surface area (Å²) in [6, 6.07) is 0.330. The first-order chi connectivity index (χ1) is 7.66. The molecule has 0 bridgehead atoms. The Hall–Kier alpha value is -0.810. The lowest BCUT2D eigenvalue weighted by atomic mass is 10.1. The van der Waals surface area contributed by atoms with Crippen molar-refractivity contribution in [1.29, 1.82) is 0 Å². The minimum atomic E-state index is 0.0490. The van der Waals surface area contributed by atoms with E-state index in [-0.39, 0.29) is 18.2 Å². The minimum Gasteiger partial charge on any atom is -0.374 e. The normalized spacial score (nSPS) is 30.9. The van der Waals surface area contributed by atoms with Gasteiger partial charge in [0.1, 0.15) is 0 Å². The van der Waals surface area contributed by atoms with Crippen LogP contribution in [0.1, 0.15) is 13.8 Å². The number of hydrogen-bond acceptors (Lipinski definition) is 3. The molecule has 2 aliphatic rings. The Balaban J connectivity index is 1.83. The third kappa shape index (κ3) is 2.65. The van der Waals surface area contributed by atoms with Crippen LogP contribution in [0.4, 0.5) is 4.79 Å². The van der Waals surface area contributed by atoms with Crippen molar-refractivity contribution in [1.82, 2.24) is 15.5 Å². The van der Waals surface area contributed by atoms with E-state index in [1.54, 1.807) is 0 Å². The van der Waals surface area contributed by atoms with Crippen LogP contribution in [-0.4, -0.2) is 55.9 Å². The Kier molecular flexibility index (Phi) is 3.66. The Labute approximate surface area is 96.5 Å². The molecule has 5 nitrogen and oxygen atoms in total. The molecule has 2 aliphatic heterocycles. The van der Waals surface area contributed by atoms with Crippen LogP contribution in [0.2, 0.25) is 0 Å². The number of nitrogens with one attached hydrogen (secondary N) is 2. The predicted molar refractivity (Wildman–Crippen MR) is 61.3 cm³/mol. The van der Waals surface area contributed by atoms with Crippen LogP contribution in [0.5, 0.6) is 0 Å². The van der Waals surface area contributed by atoms with E-state index in [1.807, 2.05) is 4.90 Å². The van der Waals surface area contributed by atoms with Crippen LogP contribution >= 0.6 is 0 Å². The van der Waals surface area contributed by atoms with Crippen molar-refractivity contribution in [3.05, 3.63) is 0 Å². The van der Waals surface area contributed by atoms with E-state index in [4.69, 9.17) is 4.74 Å². The van der Waals surface area contributed by atoms with Gasteiger partial charge in [0.25, 0.3) is 0 Å². The summed E-state index contributed by atoms with van der Waals surface area (Å²) in [5.74, 6) is 0.486. The Morgan fingerprint density at radius 3 is 2.94 bits per heavy atom. The van der Waals surface area contributed by atoms with Crippen molar-refractivity contribution in [2.75, 3.05) is 32.8 Å². The highest BCUT2D eigenvalue weighted by atomic mass is 16.5. The zero-order valence-electron chi connectivity index (χ0n) is 10.0. The first-order valence-corrected chi connectivity index (χ1v) is 6.04. The fraction of sp³-hybridized carbons (Fsp3) is 0.909. The Bertz CT molecular complexity index is 252. The van der Waals surface area contributed by atoms with E-state index in [2.05, 4.69) is 24.5 Å². The molecule has 0 aromatic rings. The van der Waals surface area contributed by atoms with Gasteiger partial charge in [-0.3, -0.25) is 0 Å². The van der Waals surface area contributed by atoms with E-state index in [0.29, 0.717) is 12.5 Å². The molecule has 2 fully saturated rings. The highest BCUT2D eigenvalue weighted by molar-refractivity contribution is 5.77. The summed E-state index contributed by atoms with van der Waals surface area (Å²) in [5.41, 5.74) is 0. The second-order valence-corrected chi connectivity index (χ2v) is 4.90. The van der Waals surface area contributed by atoms with Crippen LogP contribution in [0.3, 0.4) is 0 Å². The molecular weight excluding hydrogens is 206 g/mol. The number of carbonyl (C=O) groups is 1. The van der Waals surface area contributed by atoms with E-state index in [0.717, 1.165) is 26.2 Å². The third-order valence-electron chi connectivity index (χ3n) is 3.25. The van der Waals surface area contributed by atoms with E-state index in [1.165, 1.54) is 0 Å². The molecular formula is C11H21N3O2. The molecule has 0 aliphatic carbocycles. The zero-order chi connectivity index (χ0) is 11.5. The van der Waals surface area contributed by atoms with Crippen LogP contribution in [0.15, 0.2) is 0 Å². The maximum Gasteiger partial charge on any atom is 0.317 e. The van der Waals surface area contributed by atoms with Gasteiger partial charge >= 0.3 is 6.03 Å². The highest BCUT2D eigenvalue weighted by Gasteiger charge is 2.32. The van der Waals surface area contributed by atoms with Crippen LogP contribution in [0, 0.1) is 5.92 Å². The molecule has 2 rings (SSSR count). The standard InChI is InChI=1S/C11H21N3O2/c1-8(2)10-7-14(11(15)13-10)6-9-5-12-3-4-16-9/h8-10,12H,3-7H2,1-2H3,(H,13,15). The topological polar surface area (TPSA) is 53.6 Å². The number of ether oxygens (including phenoxy) is 1. The molecule has 2 amide bonds. The quantitative estimate of drug-likeness (QED) is 0.715. The molecule has 0 radical (unpaired) electrons. The largest absolute Gasteiger partial charge is 0.374 e. The number of urea groups is 1. The predicted octanol–water partition coefficient (Wildman–Crippen LogP) is 0.0246. The van der Waals surface area contributed by atoms with Gasteiger partial charge in [-0.2, -0.15) is 0 Å². The van der Waals surface area contributed by atoms with E-state index in [9.17, 15) is 4.79 Å². The molecule has 92 valence electrons. The minimum absolute atomic E-state index is 0.0490. The Morgan fingerprint density at radius 1 is 1.56 bits per heavy atom. The number of nitrogens with zero attached hydrogens (tertiary/aromatic N) is 1. The fourth-order valence-corrected chi connectivity index (χ4v) is 2.13. The van der Waals surface area contributed by atoms with Gasteiger partial charge in [-0.1, -0.05) is 13.8 Å². The third-order valence-corrected chi connectivity index (χ3v) is 3.25. The molecule has 2 N–H and O–H groups in total. The molecule has 2 atom stereocenters. The summed E-state index contributed by atoms with van der Waals surface area (Å²) in [5, 5.41) is 6.28. The molecule has 0 spiro atoms. The van der Waals surface area contributed by atoms with Crippen molar-refractivity contribution in [3.63, 3.8) is 0 Å². The van der Waals surface area contributed by atoms with Crippen molar-refractivity contribution in [2.24, 2.45) is 5.92 Å². The maximum absolute atomic E-state index is 11.7. The van der Waals surface area contributed by atoms with Gasteiger partial charge in [-0.25, -0.2) is 4.79 Å². The van der Waals surface area contributed by atoms with E-state index < -0.39 is 0 Å². The van der Waals surface area contributed by atoms with Gasteiger partial charge < -0.3 is 20.3 Å². The first kappa shape index (κ1) is 11.7. The molecule has 2 unspecified atom stereocenters. The summed E-state index contributed by atoms with van der Waals surface area (Å²) < 4.78 is 5.60. The van der Waals surface area contributed by atoms with Crippen molar-refractivity contribution in [3.8, 4) is 0 Å². The lowest BCUT2D eigenvalue weighted by molar-refractivity contribution is 0.0144. The van der Waals surface area contributed by atoms with Gasteiger partial charge in [0.05, 0.1) is 18.8 Å². The number of hydrogen-bond donors (Lipinski definition) is 2. The molecule has 16 heavy (non-hydrogen) atoms. The summed E-state index contributed by atoms with van der Waals surface area (Å²) in [7, 11) is 0. The molecule has 2 heterocycles. The molecule has 0 aromatic carbocycles. The smallest absolute Gasteiger partial charge is 0.317 e. The number of rotatable bonds is 3. The monoisotopic (exact) mass is 227 g/mol. The first-order valence-electron chi connectivity index (χ1n) is 6.04. The van der Waals surface area contributed by atoms with Gasteiger partial charge in [0, 0.05) is 26.2 Å². The van der Waals surface area contributed by atoms with Gasteiger partial charge in [0.2, 0.25) is 0 Å². The van der Waals surface area contributed by atoms with Crippen LogP contribution in [0.25, 0.3) is 0 Å². The Morgan fingerprint density at radius 2 is 2.38 bits per heavy atom. The SMILES string of the molecule is CC(C)C1CN(CC2CNCCO2)C(=O)N1. The molecule has 5 heteroatoms. The van der Waals surface area contributed by atoms with Crippen molar-refractivity contribution < 1.29 is 9.53 Å². The van der Waals surface area contributed by atoms with Gasteiger partial charge in [0.15, 0.2) is 0 Å². The average molecular weight is 227 g/mol. The van der Waals surface area contributed by atoms with Crippen LogP contribution in [-0.2, 0) is 4.74 Å². The molecule has 2 saturated heterocycles. The lowest BCUT2D eigenvalue weighted by Gasteiger charge is -2.27.